The number of aliphatic carboxylic acids is 1. The minimum atomic E-state index is -3.11. The molecule has 162 valence electrons. The highest BCUT2D eigenvalue weighted by Crippen LogP contribution is 2.57. The average Bonchev–Trinajstić information content (AvgIpc) is 2.31. The first-order valence-electron chi connectivity index (χ1n) is 10.3. The van der Waals surface area contributed by atoms with E-state index in [-0.39, 0.29) is 22.9 Å². The number of rotatable bonds is 9. The van der Waals surface area contributed by atoms with E-state index >= 15 is 0 Å². The van der Waals surface area contributed by atoms with Gasteiger partial charge in [-0.05, 0) is 49.9 Å². The molecule has 0 spiro atoms. The molecule has 0 aliphatic heterocycles. The lowest BCUT2D eigenvalue weighted by Crippen LogP contribution is -2.40. The van der Waals surface area contributed by atoms with Gasteiger partial charge in [-0.3, -0.25) is 9.36 Å². The molecule has 3 atom stereocenters. The van der Waals surface area contributed by atoms with Crippen LogP contribution in [0.4, 0.5) is 0 Å². The number of hydrogen-bond acceptors (Lipinski definition) is 3. The first kappa shape index (κ1) is 26.7. The van der Waals surface area contributed by atoms with Gasteiger partial charge in [-0.25, -0.2) is 0 Å². The molecule has 0 radical (unpaired) electrons. The lowest BCUT2D eigenvalue weighted by Gasteiger charge is -2.47. The van der Waals surface area contributed by atoms with Crippen LogP contribution in [0.3, 0.4) is 0 Å². The molecular formula is C22H45O4P. The monoisotopic (exact) mass is 404 g/mol. The van der Waals surface area contributed by atoms with Gasteiger partial charge in [-0.1, -0.05) is 61.8 Å². The maximum atomic E-state index is 13.9. The molecule has 0 rings (SSSR count). The topological polar surface area (TPSA) is 63.6 Å². The second-order valence-electron chi connectivity index (χ2n) is 11.4. The summed E-state index contributed by atoms with van der Waals surface area (Å²) in [5.74, 6) is -1.02. The minimum Gasteiger partial charge on any atom is -0.481 e. The van der Waals surface area contributed by atoms with E-state index < -0.39 is 24.9 Å². The van der Waals surface area contributed by atoms with Crippen molar-refractivity contribution in [3.63, 3.8) is 0 Å². The van der Waals surface area contributed by atoms with Crippen molar-refractivity contribution < 1.29 is 19.0 Å². The molecule has 3 unspecified atom stereocenters. The third kappa shape index (κ3) is 9.61. The van der Waals surface area contributed by atoms with Gasteiger partial charge in [0.2, 0.25) is 7.37 Å². The molecule has 0 amide bonds. The fraction of sp³-hybridized carbons (Fsp3) is 0.955. The predicted molar refractivity (Wildman–Crippen MR) is 116 cm³/mol. The molecular weight excluding hydrogens is 359 g/mol. The summed E-state index contributed by atoms with van der Waals surface area (Å²) in [5.41, 5.74) is -0.449. The lowest BCUT2D eigenvalue weighted by atomic mass is 9.61. The zero-order valence-corrected chi connectivity index (χ0v) is 20.6. The fourth-order valence-electron chi connectivity index (χ4n) is 4.95. The summed E-state index contributed by atoms with van der Waals surface area (Å²) in [6.45, 7) is 23.0. The molecule has 0 aromatic heterocycles. The maximum absolute atomic E-state index is 13.9. The Morgan fingerprint density at radius 2 is 1.41 bits per heavy atom. The van der Waals surface area contributed by atoms with Crippen LogP contribution in [-0.4, -0.2) is 29.0 Å². The summed E-state index contributed by atoms with van der Waals surface area (Å²) < 4.78 is 20.0. The lowest BCUT2D eigenvalue weighted by molar-refractivity contribution is -0.140. The van der Waals surface area contributed by atoms with Crippen molar-refractivity contribution >= 4 is 13.3 Å². The molecule has 0 saturated carbocycles. The highest BCUT2D eigenvalue weighted by Gasteiger charge is 2.44. The Morgan fingerprint density at radius 1 is 0.963 bits per heavy atom. The number of carboxylic acids is 1. The maximum Gasteiger partial charge on any atom is 0.306 e. The Labute approximate surface area is 168 Å². The highest BCUT2D eigenvalue weighted by molar-refractivity contribution is 7.59. The van der Waals surface area contributed by atoms with Crippen LogP contribution in [0, 0.1) is 28.6 Å². The van der Waals surface area contributed by atoms with Crippen LogP contribution in [0.5, 0.6) is 0 Å². The summed E-state index contributed by atoms with van der Waals surface area (Å²) in [6.07, 6.45) is 2.53. The van der Waals surface area contributed by atoms with Gasteiger partial charge >= 0.3 is 5.97 Å². The molecule has 5 heteroatoms. The van der Waals surface area contributed by atoms with Crippen LogP contribution in [0.25, 0.3) is 0 Å². The van der Waals surface area contributed by atoms with Gasteiger partial charge in [0.15, 0.2) is 0 Å². The second-order valence-corrected chi connectivity index (χ2v) is 13.9. The van der Waals surface area contributed by atoms with Crippen molar-refractivity contribution in [1.82, 2.24) is 0 Å². The molecule has 1 N–H and O–H groups in total. The van der Waals surface area contributed by atoms with Gasteiger partial charge in [-0.2, -0.15) is 0 Å². The van der Waals surface area contributed by atoms with Crippen LogP contribution in [0.1, 0.15) is 89.0 Å². The highest BCUT2D eigenvalue weighted by atomic mass is 31.2. The summed E-state index contributed by atoms with van der Waals surface area (Å²) in [6, 6.07) is 0. The van der Waals surface area contributed by atoms with Crippen molar-refractivity contribution in [2.75, 3.05) is 12.3 Å². The molecule has 0 aliphatic carbocycles. The molecule has 0 saturated heterocycles. The van der Waals surface area contributed by atoms with Crippen molar-refractivity contribution in [1.29, 1.82) is 0 Å². The molecule has 27 heavy (non-hydrogen) atoms. The first-order chi connectivity index (χ1) is 11.8. The van der Waals surface area contributed by atoms with Crippen molar-refractivity contribution in [2.24, 2.45) is 28.6 Å². The van der Waals surface area contributed by atoms with E-state index in [0.29, 0.717) is 12.1 Å². The molecule has 4 nitrogen and oxygen atoms in total. The average molecular weight is 405 g/mol. The number of carbonyl (C=O) groups is 1. The van der Waals surface area contributed by atoms with Crippen molar-refractivity contribution in [2.45, 2.75) is 94.6 Å². The predicted octanol–water partition coefficient (Wildman–Crippen LogP) is 6.93. The van der Waals surface area contributed by atoms with E-state index in [1.807, 2.05) is 20.8 Å². The van der Waals surface area contributed by atoms with Gasteiger partial charge in [0.25, 0.3) is 0 Å². The Balaban J connectivity index is 6.01. The third-order valence-electron chi connectivity index (χ3n) is 4.92. The summed E-state index contributed by atoms with van der Waals surface area (Å²) >= 11 is 0. The summed E-state index contributed by atoms with van der Waals surface area (Å²) in [4.78, 5) is 11.4. The fourth-order valence-corrected chi connectivity index (χ4v) is 8.34. The van der Waals surface area contributed by atoms with E-state index in [2.05, 4.69) is 48.5 Å². The molecule has 0 aromatic rings. The normalized spacial score (nSPS) is 18.2. The van der Waals surface area contributed by atoms with Crippen molar-refractivity contribution in [3.05, 3.63) is 0 Å². The SMILES string of the molecule is CCCC(CP(=O)(CC(C)C(=O)O)OC(C)(C)C)C(C(C)(C)C)C(C)(C)C. The molecule has 0 fully saturated rings. The van der Waals surface area contributed by atoms with Crippen LogP contribution in [0.15, 0.2) is 0 Å². The molecule has 0 aromatic carbocycles. The van der Waals surface area contributed by atoms with Gasteiger partial charge in [0, 0.05) is 12.3 Å². The molecule has 0 heterocycles. The Hall–Kier alpha value is -0.340. The summed E-state index contributed by atoms with van der Waals surface area (Å²) in [5, 5.41) is 9.37. The molecule has 0 bridgehead atoms. The summed E-state index contributed by atoms with van der Waals surface area (Å²) in [7, 11) is -3.11. The Bertz CT molecular complexity index is 506. The quantitative estimate of drug-likeness (QED) is 0.423. The number of carboxylic acid groups (broad SMARTS) is 1. The van der Waals surface area contributed by atoms with Gasteiger partial charge < -0.3 is 9.63 Å². The van der Waals surface area contributed by atoms with Crippen LogP contribution >= 0.6 is 7.37 Å². The van der Waals surface area contributed by atoms with Crippen molar-refractivity contribution in [3.8, 4) is 0 Å². The zero-order chi connectivity index (χ0) is 21.8. The van der Waals surface area contributed by atoms with E-state index in [1.54, 1.807) is 6.92 Å². The van der Waals surface area contributed by atoms with E-state index in [1.165, 1.54) is 0 Å². The second kappa shape index (κ2) is 9.44. The smallest absolute Gasteiger partial charge is 0.306 e. The molecule has 0 aliphatic rings. The Morgan fingerprint density at radius 3 is 1.70 bits per heavy atom. The van der Waals surface area contributed by atoms with E-state index in [0.717, 1.165) is 12.8 Å². The number of hydrogen-bond donors (Lipinski definition) is 1. The van der Waals surface area contributed by atoms with E-state index in [4.69, 9.17) is 4.52 Å². The zero-order valence-electron chi connectivity index (χ0n) is 19.7. The Kier molecular flexibility index (Phi) is 9.32. The van der Waals surface area contributed by atoms with Crippen LogP contribution in [-0.2, 0) is 13.9 Å². The van der Waals surface area contributed by atoms with Gasteiger partial charge in [0.05, 0.1) is 11.5 Å². The minimum absolute atomic E-state index is 0.0586. The van der Waals surface area contributed by atoms with Gasteiger partial charge in [-0.15, -0.1) is 0 Å². The largest absolute Gasteiger partial charge is 0.481 e. The van der Waals surface area contributed by atoms with Crippen LogP contribution in [0.2, 0.25) is 0 Å². The standard InChI is InChI=1S/C22H45O4P/c1-12-13-17(18(20(3,4)5)21(6,7)8)15-27(25,26-22(9,10)11)14-16(2)19(23)24/h16-18H,12-15H2,1-11H3,(H,23,24). The van der Waals surface area contributed by atoms with E-state index in [9.17, 15) is 14.5 Å². The van der Waals surface area contributed by atoms with Crippen LogP contribution < -0.4 is 0 Å². The third-order valence-corrected chi connectivity index (χ3v) is 7.93. The van der Waals surface area contributed by atoms with Gasteiger partial charge in [0.1, 0.15) is 0 Å². The first-order valence-corrected chi connectivity index (χ1v) is 12.3.